The van der Waals surface area contributed by atoms with Gasteiger partial charge in [-0.15, -0.1) is 0 Å². The maximum Gasteiger partial charge on any atom is 0.410 e. The van der Waals surface area contributed by atoms with Crippen molar-refractivity contribution < 1.29 is 18.7 Å². The molecule has 3 rings (SSSR count). The highest BCUT2D eigenvalue weighted by Crippen LogP contribution is 2.24. The first kappa shape index (κ1) is 20.5. The van der Waals surface area contributed by atoms with Gasteiger partial charge in [-0.2, -0.15) is 4.39 Å². The molecule has 29 heavy (non-hydrogen) atoms. The van der Waals surface area contributed by atoms with Crippen molar-refractivity contribution in [2.75, 3.05) is 31.1 Å². The number of amides is 2. The lowest BCUT2D eigenvalue weighted by molar-refractivity contribution is 0.0240. The number of carbonyl (C=O) groups is 2. The largest absolute Gasteiger partial charge is 0.444 e. The van der Waals surface area contributed by atoms with Gasteiger partial charge < -0.3 is 20.3 Å². The van der Waals surface area contributed by atoms with E-state index >= 15 is 0 Å². The van der Waals surface area contributed by atoms with Gasteiger partial charge >= 0.3 is 6.09 Å². The van der Waals surface area contributed by atoms with Crippen molar-refractivity contribution in [3.05, 3.63) is 42.0 Å². The predicted octanol–water partition coefficient (Wildman–Crippen LogP) is 2.44. The number of primary amides is 1. The Morgan fingerprint density at radius 1 is 1.14 bits per heavy atom. The summed E-state index contributed by atoms with van der Waals surface area (Å²) in [7, 11) is 0. The van der Waals surface area contributed by atoms with Crippen LogP contribution in [0, 0.1) is 5.95 Å². The molecule has 1 saturated heterocycles. The van der Waals surface area contributed by atoms with Crippen LogP contribution in [0.1, 0.15) is 31.1 Å². The number of hydrogen-bond donors (Lipinski definition) is 1. The average molecular weight is 401 g/mol. The third-order valence-electron chi connectivity index (χ3n) is 4.37. The van der Waals surface area contributed by atoms with Crippen molar-refractivity contribution in [1.82, 2.24) is 14.9 Å². The molecule has 0 bridgehead atoms. The van der Waals surface area contributed by atoms with Crippen LogP contribution in [-0.4, -0.2) is 58.6 Å². The van der Waals surface area contributed by atoms with Crippen molar-refractivity contribution in [1.29, 1.82) is 0 Å². The number of rotatable bonds is 3. The zero-order valence-electron chi connectivity index (χ0n) is 16.7. The number of aromatic nitrogens is 2. The van der Waals surface area contributed by atoms with E-state index in [1.807, 2.05) is 25.7 Å². The lowest BCUT2D eigenvalue weighted by Crippen LogP contribution is -2.50. The number of nitrogens with zero attached hydrogens (tertiary/aromatic N) is 4. The summed E-state index contributed by atoms with van der Waals surface area (Å²) in [6.07, 6.45) is 0.978. The molecule has 2 amide bonds. The second-order valence-electron chi connectivity index (χ2n) is 7.79. The summed E-state index contributed by atoms with van der Waals surface area (Å²) in [6.45, 7) is 7.40. The molecular formula is C20H24FN5O3. The van der Waals surface area contributed by atoms with Gasteiger partial charge in [0.2, 0.25) is 11.9 Å². The van der Waals surface area contributed by atoms with E-state index < -0.39 is 17.5 Å². The van der Waals surface area contributed by atoms with Crippen molar-refractivity contribution in [2.45, 2.75) is 26.4 Å². The Morgan fingerprint density at radius 2 is 1.83 bits per heavy atom. The molecule has 0 aromatic carbocycles. The summed E-state index contributed by atoms with van der Waals surface area (Å²) in [4.78, 5) is 35.7. The molecule has 0 radical (unpaired) electrons. The molecule has 1 aliphatic heterocycles. The van der Waals surface area contributed by atoms with E-state index in [0.717, 1.165) is 0 Å². The third kappa shape index (κ3) is 5.18. The fourth-order valence-electron chi connectivity index (χ4n) is 2.97. The second kappa shape index (κ2) is 8.02. The van der Waals surface area contributed by atoms with E-state index in [1.54, 1.807) is 17.0 Å². The Morgan fingerprint density at radius 3 is 2.41 bits per heavy atom. The number of ether oxygens (including phenoxy) is 1. The highest BCUT2D eigenvalue weighted by molar-refractivity contribution is 5.94. The molecule has 8 nitrogen and oxygen atoms in total. The molecule has 1 fully saturated rings. The quantitative estimate of drug-likeness (QED) is 0.793. The third-order valence-corrected chi connectivity index (χ3v) is 4.37. The molecule has 2 aromatic heterocycles. The minimum absolute atomic E-state index is 0.275. The van der Waals surface area contributed by atoms with Gasteiger partial charge in [0.15, 0.2) is 0 Å². The van der Waals surface area contributed by atoms with Gasteiger partial charge in [-0.25, -0.2) is 14.8 Å². The molecule has 0 atom stereocenters. The van der Waals surface area contributed by atoms with E-state index in [1.165, 1.54) is 18.3 Å². The van der Waals surface area contributed by atoms with Crippen LogP contribution in [0.15, 0.2) is 30.5 Å². The van der Waals surface area contributed by atoms with E-state index in [0.29, 0.717) is 43.3 Å². The minimum Gasteiger partial charge on any atom is -0.444 e. The van der Waals surface area contributed by atoms with Crippen molar-refractivity contribution in [2.24, 2.45) is 5.73 Å². The van der Waals surface area contributed by atoms with Crippen LogP contribution >= 0.6 is 0 Å². The summed E-state index contributed by atoms with van der Waals surface area (Å²) >= 11 is 0. The zero-order chi connectivity index (χ0) is 21.2. The van der Waals surface area contributed by atoms with Gasteiger partial charge in [-0.1, -0.05) is 0 Å². The smallest absolute Gasteiger partial charge is 0.410 e. The van der Waals surface area contributed by atoms with Crippen molar-refractivity contribution in [3.63, 3.8) is 0 Å². The Labute approximate surface area is 168 Å². The molecule has 154 valence electrons. The fourth-order valence-corrected chi connectivity index (χ4v) is 2.97. The maximum atomic E-state index is 13.5. The number of anilines is 1. The van der Waals surface area contributed by atoms with Crippen LogP contribution < -0.4 is 10.6 Å². The van der Waals surface area contributed by atoms with E-state index in [-0.39, 0.29) is 11.7 Å². The summed E-state index contributed by atoms with van der Waals surface area (Å²) < 4.78 is 18.9. The molecule has 1 aliphatic rings. The van der Waals surface area contributed by atoms with Gasteiger partial charge in [0.25, 0.3) is 0 Å². The van der Waals surface area contributed by atoms with Crippen molar-refractivity contribution >= 4 is 17.8 Å². The van der Waals surface area contributed by atoms with Gasteiger partial charge in [0, 0.05) is 49.6 Å². The molecule has 2 aromatic rings. The Bertz CT molecular complexity index is 921. The van der Waals surface area contributed by atoms with Crippen molar-refractivity contribution in [3.8, 4) is 11.3 Å². The minimum atomic E-state index is -0.638. The van der Waals surface area contributed by atoms with Gasteiger partial charge in [0.05, 0.1) is 5.69 Å². The number of hydrogen-bond acceptors (Lipinski definition) is 6. The first-order valence-corrected chi connectivity index (χ1v) is 9.29. The summed E-state index contributed by atoms with van der Waals surface area (Å²) in [6, 6.07) is 5.99. The number of halogens is 1. The first-order valence-electron chi connectivity index (χ1n) is 9.29. The maximum absolute atomic E-state index is 13.5. The van der Waals surface area contributed by atoms with Gasteiger partial charge in [-0.05, 0) is 39.0 Å². The predicted molar refractivity (Wildman–Crippen MR) is 106 cm³/mol. The number of piperazine rings is 1. The Balaban J connectivity index is 1.81. The number of nitrogens with two attached hydrogens (primary N) is 1. The number of carbonyl (C=O) groups excluding carboxylic acids is 2. The highest BCUT2D eigenvalue weighted by Gasteiger charge is 2.26. The van der Waals surface area contributed by atoms with Gasteiger partial charge in [0.1, 0.15) is 11.4 Å². The molecule has 0 aliphatic carbocycles. The topological polar surface area (TPSA) is 102 Å². The SMILES string of the molecule is CC(C)(C)OC(=O)N1CCN(c2cc(C(N)=O)cc(-c3ccnc(F)c3)n2)CC1. The van der Waals surface area contributed by atoms with Crippen LogP contribution in [0.25, 0.3) is 11.3 Å². The fraction of sp³-hybridized carbons (Fsp3) is 0.400. The normalized spacial score (nSPS) is 14.6. The van der Waals surface area contributed by atoms with Gasteiger partial charge in [-0.3, -0.25) is 4.79 Å². The Hall–Kier alpha value is -3.23. The summed E-state index contributed by atoms with van der Waals surface area (Å²) in [5.41, 5.74) is 6.11. The van der Waals surface area contributed by atoms with E-state index in [4.69, 9.17) is 10.5 Å². The molecule has 0 unspecified atom stereocenters. The standard InChI is InChI=1S/C20H24FN5O3/c1-20(2,3)29-19(28)26-8-6-25(7-9-26)17-12-14(18(22)27)10-15(24-17)13-4-5-23-16(21)11-13/h4-5,10-12H,6-9H2,1-3H3,(H2,22,27). The molecule has 0 spiro atoms. The highest BCUT2D eigenvalue weighted by atomic mass is 19.1. The zero-order valence-corrected chi connectivity index (χ0v) is 16.7. The summed E-state index contributed by atoms with van der Waals surface area (Å²) in [5.74, 6) is -0.699. The molecule has 9 heteroatoms. The molecule has 3 heterocycles. The van der Waals surface area contributed by atoms with Crippen LogP contribution in [0.5, 0.6) is 0 Å². The second-order valence-corrected chi connectivity index (χ2v) is 7.79. The Kier molecular flexibility index (Phi) is 5.67. The van der Waals surface area contributed by atoms with Crippen LogP contribution in [0.3, 0.4) is 0 Å². The average Bonchev–Trinajstić information content (AvgIpc) is 2.66. The summed E-state index contributed by atoms with van der Waals surface area (Å²) in [5, 5.41) is 0. The van der Waals surface area contributed by atoms with Crippen LogP contribution in [0.4, 0.5) is 15.0 Å². The molecule has 2 N–H and O–H groups in total. The van der Waals surface area contributed by atoms with E-state index in [9.17, 15) is 14.0 Å². The molecule has 0 saturated carbocycles. The lowest BCUT2D eigenvalue weighted by Gasteiger charge is -2.36. The first-order chi connectivity index (χ1) is 13.6. The lowest BCUT2D eigenvalue weighted by atomic mass is 10.1. The van der Waals surface area contributed by atoms with Crippen LogP contribution in [0.2, 0.25) is 0 Å². The monoisotopic (exact) mass is 401 g/mol. The van der Waals surface area contributed by atoms with Crippen LogP contribution in [-0.2, 0) is 4.74 Å². The van der Waals surface area contributed by atoms with E-state index in [2.05, 4.69) is 9.97 Å². The number of pyridine rings is 2. The molecular weight excluding hydrogens is 377 g/mol.